The fourth-order valence-corrected chi connectivity index (χ4v) is 2.56. The highest BCUT2D eigenvalue weighted by Gasteiger charge is 2.05. The minimum Gasteiger partial charge on any atom is -0.0622 e. The van der Waals surface area contributed by atoms with Crippen molar-refractivity contribution in [1.82, 2.24) is 0 Å². The zero-order chi connectivity index (χ0) is 13.1. The van der Waals surface area contributed by atoms with Gasteiger partial charge in [0.25, 0.3) is 0 Å². The van der Waals surface area contributed by atoms with Crippen LogP contribution in [0.4, 0.5) is 0 Å². The van der Waals surface area contributed by atoms with Gasteiger partial charge in [-0.3, -0.25) is 0 Å². The van der Waals surface area contributed by atoms with E-state index < -0.39 is 0 Å². The third-order valence-corrected chi connectivity index (χ3v) is 3.74. The quantitative estimate of drug-likeness (QED) is 0.579. The summed E-state index contributed by atoms with van der Waals surface area (Å²) in [5.74, 6) is 0. The fraction of sp³-hybridized carbons (Fsp3) is 0. The van der Waals surface area contributed by atoms with Crippen molar-refractivity contribution in [3.05, 3.63) is 83.3 Å². The summed E-state index contributed by atoms with van der Waals surface area (Å²) in [5.41, 5.74) is 4.76. The third-order valence-electron chi connectivity index (χ3n) is 3.08. The fourth-order valence-electron chi connectivity index (χ4n) is 2.10. The smallest absolute Gasteiger partial charge is 0.0333 e. The lowest BCUT2D eigenvalue weighted by atomic mass is 9.99. The molecule has 0 nitrogen and oxygen atoms in total. The minimum atomic E-state index is 0.999. The second kappa shape index (κ2) is 5.41. The molecule has 0 N–H and O–H groups in total. The van der Waals surface area contributed by atoms with Gasteiger partial charge in [-0.15, -0.1) is 0 Å². The van der Waals surface area contributed by atoms with E-state index in [0.717, 1.165) is 4.47 Å². The highest BCUT2D eigenvalue weighted by atomic mass is 79.9. The van der Waals surface area contributed by atoms with Crippen molar-refractivity contribution in [2.75, 3.05) is 0 Å². The second-order valence-electron chi connectivity index (χ2n) is 4.35. The van der Waals surface area contributed by atoms with Gasteiger partial charge in [-0.25, -0.2) is 0 Å². The van der Waals surface area contributed by atoms with Gasteiger partial charge in [-0.05, 0) is 56.4 Å². The molecule has 3 aromatic carbocycles. The first-order valence-corrected chi connectivity index (χ1v) is 6.96. The van der Waals surface area contributed by atoms with E-state index in [1.807, 2.05) is 18.2 Å². The van der Waals surface area contributed by atoms with Crippen molar-refractivity contribution in [1.29, 1.82) is 0 Å². The standard InChI is InChI=1S/C18H12Br/c19-18-12-11-16(14-7-3-1-4-8-14)13-17(18)15-9-5-2-6-10-15/h1-11,13H. The summed E-state index contributed by atoms with van der Waals surface area (Å²) in [7, 11) is 0. The number of hydrogen-bond acceptors (Lipinski definition) is 0. The zero-order valence-electron chi connectivity index (χ0n) is 10.3. The Kier molecular flexibility index (Phi) is 3.47. The first-order chi connectivity index (χ1) is 9.34. The maximum Gasteiger partial charge on any atom is 0.0333 e. The molecular formula is C18H12Br. The predicted molar refractivity (Wildman–Crippen MR) is 83.9 cm³/mol. The molecular weight excluding hydrogens is 296 g/mol. The van der Waals surface area contributed by atoms with Gasteiger partial charge >= 0.3 is 0 Å². The number of halogens is 1. The molecule has 0 amide bonds. The molecule has 0 heterocycles. The lowest BCUT2D eigenvalue weighted by molar-refractivity contribution is 1.55. The lowest BCUT2D eigenvalue weighted by Gasteiger charge is -2.08. The van der Waals surface area contributed by atoms with Gasteiger partial charge in [0.1, 0.15) is 0 Å². The monoisotopic (exact) mass is 307 g/mol. The van der Waals surface area contributed by atoms with E-state index in [9.17, 15) is 0 Å². The first kappa shape index (κ1) is 12.2. The van der Waals surface area contributed by atoms with Crippen LogP contribution in [0, 0.1) is 6.07 Å². The minimum absolute atomic E-state index is 0.999. The van der Waals surface area contributed by atoms with Gasteiger partial charge in [-0.1, -0.05) is 60.7 Å². The van der Waals surface area contributed by atoms with Crippen molar-refractivity contribution in [3.8, 4) is 22.3 Å². The van der Waals surface area contributed by atoms with E-state index in [1.165, 1.54) is 22.3 Å². The third kappa shape index (κ3) is 2.61. The van der Waals surface area contributed by atoms with Gasteiger partial charge in [-0.2, -0.15) is 0 Å². The van der Waals surface area contributed by atoms with Gasteiger partial charge in [0.2, 0.25) is 0 Å². The lowest BCUT2D eigenvalue weighted by Crippen LogP contribution is -1.83. The van der Waals surface area contributed by atoms with Crippen LogP contribution in [0.1, 0.15) is 0 Å². The molecule has 0 aliphatic rings. The van der Waals surface area contributed by atoms with E-state index in [-0.39, 0.29) is 0 Å². The molecule has 1 heteroatoms. The molecule has 0 unspecified atom stereocenters. The molecule has 3 rings (SSSR count). The van der Waals surface area contributed by atoms with Crippen LogP contribution in [0.3, 0.4) is 0 Å². The van der Waals surface area contributed by atoms with Crippen LogP contribution in [0.2, 0.25) is 0 Å². The summed E-state index contributed by atoms with van der Waals surface area (Å²) < 4.78 is 0.999. The Balaban J connectivity index is 2.12. The Hall–Kier alpha value is -1.86. The molecule has 0 aliphatic carbocycles. The molecule has 0 saturated heterocycles. The molecule has 91 valence electrons. The first-order valence-electron chi connectivity index (χ1n) is 6.17. The van der Waals surface area contributed by atoms with Crippen LogP contribution in [0.15, 0.2) is 77.3 Å². The van der Waals surface area contributed by atoms with E-state index in [1.54, 1.807) is 0 Å². The van der Waals surface area contributed by atoms with E-state index >= 15 is 0 Å². The van der Waals surface area contributed by atoms with Gasteiger partial charge in [0, 0.05) is 4.47 Å². The van der Waals surface area contributed by atoms with Crippen molar-refractivity contribution in [3.63, 3.8) is 0 Å². The normalized spacial score (nSPS) is 10.4. The molecule has 0 aliphatic heterocycles. The maximum absolute atomic E-state index is 3.58. The Bertz CT molecular complexity index is 673. The molecule has 0 saturated carbocycles. The molecule has 0 atom stereocenters. The molecule has 3 aromatic rings. The number of benzene rings is 3. The summed E-state index contributed by atoms with van der Waals surface area (Å²) >= 11 is 3.58. The topological polar surface area (TPSA) is 0 Å². The summed E-state index contributed by atoms with van der Waals surface area (Å²) in [6.45, 7) is 0. The van der Waals surface area contributed by atoms with E-state index in [0.29, 0.717) is 0 Å². The molecule has 19 heavy (non-hydrogen) atoms. The van der Waals surface area contributed by atoms with Gasteiger partial charge < -0.3 is 0 Å². The largest absolute Gasteiger partial charge is 0.0622 e. The molecule has 1 radical (unpaired) electrons. The molecule has 0 aromatic heterocycles. The summed E-state index contributed by atoms with van der Waals surface area (Å²) in [5, 5.41) is 0. The number of rotatable bonds is 2. The van der Waals surface area contributed by atoms with E-state index in [2.05, 4.69) is 76.6 Å². The van der Waals surface area contributed by atoms with Crippen molar-refractivity contribution in [2.24, 2.45) is 0 Å². The second-order valence-corrected chi connectivity index (χ2v) is 5.14. The molecule has 0 bridgehead atoms. The summed E-state index contributed by atoms with van der Waals surface area (Å²) in [4.78, 5) is 0. The molecule has 0 fully saturated rings. The van der Waals surface area contributed by atoms with Crippen LogP contribution in [-0.2, 0) is 0 Å². The van der Waals surface area contributed by atoms with Crippen LogP contribution in [0.25, 0.3) is 22.3 Å². The highest BCUT2D eigenvalue weighted by Crippen LogP contribution is 2.32. The summed E-state index contributed by atoms with van der Waals surface area (Å²) in [6.07, 6.45) is 0. The van der Waals surface area contributed by atoms with Crippen LogP contribution >= 0.6 is 15.9 Å². The Labute approximate surface area is 121 Å². The van der Waals surface area contributed by atoms with E-state index in [4.69, 9.17) is 0 Å². The Morgan fingerprint density at radius 1 is 0.684 bits per heavy atom. The number of hydrogen-bond donors (Lipinski definition) is 0. The SMILES string of the molecule is Brc1[c]cc(-c2ccccc2)cc1-c1ccccc1. The van der Waals surface area contributed by atoms with Crippen LogP contribution in [0.5, 0.6) is 0 Å². The average Bonchev–Trinajstić information content (AvgIpc) is 2.49. The van der Waals surface area contributed by atoms with Gasteiger partial charge in [0.05, 0.1) is 0 Å². The van der Waals surface area contributed by atoms with Gasteiger partial charge in [0.15, 0.2) is 0 Å². The zero-order valence-corrected chi connectivity index (χ0v) is 11.9. The van der Waals surface area contributed by atoms with Crippen LogP contribution < -0.4 is 0 Å². The highest BCUT2D eigenvalue weighted by molar-refractivity contribution is 9.10. The van der Waals surface area contributed by atoms with Crippen molar-refractivity contribution >= 4 is 15.9 Å². The molecule has 0 spiro atoms. The van der Waals surface area contributed by atoms with Crippen LogP contribution in [-0.4, -0.2) is 0 Å². The predicted octanol–water partition coefficient (Wildman–Crippen LogP) is 5.58. The Morgan fingerprint density at radius 2 is 1.26 bits per heavy atom. The Morgan fingerprint density at radius 3 is 1.89 bits per heavy atom. The maximum atomic E-state index is 3.58. The van der Waals surface area contributed by atoms with Crippen molar-refractivity contribution in [2.45, 2.75) is 0 Å². The summed E-state index contributed by atoms with van der Waals surface area (Å²) in [6, 6.07) is 28.2. The van der Waals surface area contributed by atoms with Crippen molar-refractivity contribution < 1.29 is 0 Å². The average molecular weight is 308 g/mol.